The summed E-state index contributed by atoms with van der Waals surface area (Å²) in [6.45, 7) is 6.01. The van der Waals surface area contributed by atoms with Gasteiger partial charge in [-0.05, 0) is 49.6 Å². The minimum absolute atomic E-state index is 0.0994. The summed E-state index contributed by atoms with van der Waals surface area (Å²) in [7, 11) is 0. The van der Waals surface area contributed by atoms with Gasteiger partial charge in [0.2, 0.25) is 5.95 Å². The third-order valence-corrected chi connectivity index (χ3v) is 4.22. The molecule has 4 heteroatoms. The molecule has 0 atom stereocenters. The normalized spacial score (nSPS) is 10.6. The Bertz CT molecular complexity index is 914. The first-order chi connectivity index (χ1) is 11.5. The van der Waals surface area contributed by atoms with Crippen molar-refractivity contribution in [2.75, 3.05) is 5.32 Å². The summed E-state index contributed by atoms with van der Waals surface area (Å²) >= 11 is 0. The van der Waals surface area contributed by atoms with Crippen LogP contribution in [0.4, 0.5) is 11.6 Å². The van der Waals surface area contributed by atoms with Gasteiger partial charge in [-0.1, -0.05) is 36.4 Å². The number of benzene rings is 2. The zero-order valence-electron chi connectivity index (χ0n) is 14.2. The molecule has 0 spiro atoms. The molecule has 0 radical (unpaired) electrons. The van der Waals surface area contributed by atoms with Crippen LogP contribution in [0.1, 0.15) is 27.9 Å². The molecule has 0 aliphatic carbocycles. The van der Waals surface area contributed by atoms with Gasteiger partial charge < -0.3 is 5.32 Å². The lowest BCUT2D eigenvalue weighted by atomic mass is 10.1. The van der Waals surface area contributed by atoms with Crippen LogP contribution in [0.25, 0.3) is 0 Å². The molecule has 0 aliphatic heterocycles. The van der Waals surface area contributed by atoms with Gasteiger partial charge in [-0.15, -0.1) is 0 Å². The molecule has 0 amide bonds. The minimum atomic E-state index is -0.0994. The fraction of sp³-hybridized carbons (Fsp3) is 0.200. The molecule has 3 aromatic rings. The summed E-state index contributed by atoms with van der Waals surface area (Å²) in [5.74, 6) is 0.470. The fourth-order valence-corrected chi connectivity index (χ4v) is 2.63. The van der Waals surface area contributed by atoms with E-state index >= 15 is 0 Å². The second kappa shape index (κ2) is 6.71. The van der Waals surface area contributed by atoms with Crippen LogP contribution in [0.3, 0.4) is 0 Å². The number of aromatic nitrogens is 2. The average Bonchev–Trinajstić information content (AvgIpc) is 2.55. The van der Waals surface area contributed by atoms with E-state index in [9.17, 15) is 4.79 Å². The van der Waals surface area contributed by atoms with Crippen molar-refractivity contribution in [2.45, 2.75) is 27.2 Å². The molecule has 0 saturated carbocycles. The Morgan fingerprint density at radius 3 is 2.42 bits per heavy atom. The fourth-order valence-electron chi connectivity index (χ4n) is 2.63. The Morgan fingerprint density at radius 1 is 1.00 bits per heavy atom. The Morgan fingerprint density at radius 2 is 1.75 bits per heavy atom. The molecule has 1 heterocycles. The van der Waals surface area contributed by atoms with Gasteiger partial charge >= 0.3 is 0 Å². The average molecular weight is 319 g/mol. The van der Waals surface area contributed by atoms with E-state index in [2.05, 4.69) is 29.1 Å². The summed E-state index contributed by atoms with van der Waals surface area (Å²) in [6, 6.07) is 16.0. The van der Waals surface area contributed by atoms with Crippen molar-refractivity contribution in [1.29, 1.82) is 0 Å². The molecule has 1 aromatic heterocycles. The zero-order valence-corrected chi connectivity index (χ0v) is 14.2. The van der Waals surface area contributed by atoms with E-state index in [1.165, 1.54) is 11.1 Å². The molecule has 3 rings (SSSR count). The van der Waals surface area contributed by atoms with Crippen LogP contribution in [0, 0.1) is 20.8 Å². The lowest BCUT2D eigenvalue weighted by molar-refractivity contribution is 0.985. The van der Waals surface area contributed by atoms with Crippen LogP contribution in [-0.2, 0) is 6.42 Å². The molecule has 2 aromatic carbocycles. The third kappa shape index (κ3) is 3.54. The quantitative estimate of drug-likeness (QED) is 0.763. The van der Waals surface area contributed by atoms with Gasteiger partial charge in [0.25, 0.3) is 5.56 Å². The predicted molar refractivity (Wildman–Crippen MR) is 98.0 cm³/mol. The molecule has 0 bridgehead atoms. The van der Waals surface area contributed by atoms with Gasteiger partial charge in [0, 0.05) is 17.7 Å². The van der Waals surface area contributed by atoms with E-state index in [1.807, 2.05) is 55.5 Å². The maximum Gasteiger partial charge on any atom is 0.256 e. The van der Waals surface area contributed by atoms with Crippen LogP contribution in [-0.4, -0.2) is 9.97 Å². The SMILES string of the molecule is Cc1ccc(Nc2nc(C)c(Cc3ccccc3)c(=O)[nH]2)cc1C. The summed E-state index contributed by atoms with van der Waals surface area (Å²) in [5.41, 5.74) is 5.79. The molecule has 0 saturated heterocycles. The van der Waals surface area contributed by atoms with Gasteiger partial charge in [-0.25, -0.2) is 4.98 Å². The largest absolute Gasteiger partial charge is 0.326 e. The van der Waals surface area contributed by atoms with Crippen molar-refractivity contribution in [1.82, 2.24) is 9.97 Å². The number of rotatable bonds is 4. The van der Waals surface area contributed by atoms with Crippen LogP contribution < -0.4 is 10.9 Å². The molecule has 0 fully saturated rings. The Labute approximate surface area is 141 Å². The zero-order chi connectivity index (χ0) is 17.1. The lowest BCUT2D eigenvalue weighted by Crippen LogP contribution is -2.18. The van der Waals surface area contributed by atoms with Crippen molar-refractivity contribution in [3.8, 4) is 0 Å². The summed E-state index contributed by atoms with van der Waals surface area (Å²) in [6.07, 6.45) is 0.582. The molecule has 4 nitrogen and oxygen atoms in total. The molecule has 24 heavy (non-hydrogen) atoms. The number of H-pyrrole nitrogens is 1. The maximum atomic E-state index is 12.4. The van der Waals surface area contributed by atoms with Crippen LogP contribution >= 0.6 is 0 Å². The minimum Gasteiger partial charge on any atom is -0.326 e. The van der Waals surface area contributed by atoms with Crippen LogP contribution in [0.5, 0.6) is 0 Å². The first kappa shape index (κ1) is 16.0. The number of nitrogens with zero attached hydrogens (tertiary/aromatic N) is 1. The molecule has 0 unspecified atom stereocenters. The highest BCUT2D eigenvalue weighted by Gasteiger charge is 2.09. The van der Waals surface area contributed by atoms with E-state index in [1.54, 1.807) is 0 Å². The van der Waals surface area contributed by atoms with Gasteiger partial charge in [0.15, 0.2) is 0 Å². The maximum absolute atomic E-state index is 12.4. The van der Waals surface area contributed by atoms with E-state index in [0.29, 0.717) is 17.9 Å². The van der Waals surface area contributed by atoms with Gasteiger partial charge in [-0.3, -0.25) is 9.78 Å². The predicted octanol–water partition coefficient (Wildman–Crippen LogP) is 4.03. The summed E-state index contributed by atoms with van der Waals surface area (Å²) < 4.78 is 0. The van der Waals surface area contributed by atoms with Crippen molar-refractivity contribution in [3.63, 3.8) is 0 Å². The van der Waals surface area contributed by atoms with Crippen molar-refractivity contribution in [3.05, 3.63) is 86.8 Å². The number of hydrogen-bond acceptors (Lipinski definition) is 3. The Kier molecular flexibility index (Phi) is 4.47. The first-order valence-electron chi connectivity index (χ1n) is 8.01. The number of hydrogen-bond donors (Lipinski definition) is 2. The lowest BCUT2D eigenvalue weighted by Gasteiger charge is -2.10. The monoisotopic (exact) mass is 319 g/mol. The van der Waals surface area contributed by atoms with Gasteiger partial charge in [-0.2, -0.15) is 0 Å². The smallest absolute Gasteiger partial charge is 0.256 e. The first-order valence-corrected chi connectivity index (χ1v) is 8.01. The topological polar surface area (TPSA) is 57.8 Å². The number of anilines is 2. The second-order valence-corrected chi connectivity index (χ2v) is 6.06. The van der Waals surface area contributed by atoms with Crippen molar-refractivity contribution in [2.24, 2.45) is 0 Å². The highest BCUT2D eigenvalue weighted by atomic mass is 16.1. The Balaban J connectivity index is 1.86. The van der Waals surface area contributed by atoms with E-state index in [0.717, 1.165) is 16.9 Å². The Hall–Kier alpha value is -2.88. The van der Waals surface area contributed by atoms with Gasteiger partial charge in [0.1, 0.15) is 0 Å². The second-order valence-electron chi connectivity index (χ2n) is 6.06. The summed E-state index contributed by atoms with van der Waals surface area (Å²) in [5, 5.41) is 3.18. The molecular formula is C20H21N3O. The van der Waals surface area contributed by atoms with E-state index in [4.69, 9.17) is 0 Å². The van der Waals surface area contributed by atoms with E-state index in [-0.39, 0.29) is 5.56 Å². The van der Waals surface area contributed by atoms with Crippen molar-refractivity contribution < 1.29 is 0 Å². The van der Waals surface area contributed by atoms with Crippen LogP contribution in [0.15, 0.2) is 53.3 Å². The van der Waals surface area contributed by atoms with Crippen LogP contribution in [0.2, 0.25) is 0 Å². The molecule has 2 N–H and O–H groups in total. The van der Waals surface area contributed by atoms with Gasteiger partial charge in [0.05, 0.1) is 5.69 Å². The standard InChI is InChI=1S/C20H21N3O/c1-13-9-10-17(11-14(13)2)22-20-21-15(3)18(19(24)23-20)12-16-7-5-4-6-8-16/h4-11H,12H2,1-3H3,(H2,21,22,23,24). The number of aromatic amines is 1. The highest BCUT2D eigenvalue weighted by Crippen LogP contribution is 2.17. The third-order valence-electron chi connectivity index (χ3n) is 4.22. The molecular weight excluding hydrogens is 298 g/mol. The highest BCUT2D eigenvalue weighted by molar-refractivity contribution is 5.55. The van der Waals surface area contributed by atoms with Crippen molar-refractivity contribution >= 4 is 11.6 Å². The van der Waals surface area contributed by atoms with E-state index < -0.39 is 0 Å². The number of nitrogens with one attached hydrogen (secondary N) is 2. The molecule has 0 aliphatic rings. The summed E-state index contributed by atoms with van der Waals surface area (Å²) in [4.78, 5) is 19.8. The number of aryl methyl sites for hydroxylation is 3. The molecule has 122 valence electrons.